The summed E-state index contributed by atoms with van der Waals surface area (Å²) in [6.07, 6.45) is 1.65. The summed E-state index contributed by atoms with van der Waals surface area (Å²) < 4.78 is 25.8. The van der Waals surface area contributed by atoms with Crippen molar-refractivity contribution in [2.75, 3.05) is 18.1 Å². The highest BCUT2D eigenvalue weighted by molar-refractivity contribution is 5.84. The standard InChI is InChI=1S/C22H21FN2O2/c1-14-6-4-8-19(23)22(14)15(2)25-10-11-26-12-18-17(7-5-9-21(18)25)20-13-27-16(3)24-20/h4-9,13H,2,10-12H2,1,3H3. The second kappa shape index (κ2) is 7.00. The van der Waals surface area contributed by atoms with Gasteiger partial charge in [0.2, 0.25) is 0 Å². The lowest BCUT2D eigenvalue weighted by Crippen LogP contribution is -2.25. The van der Waals surface area contributed by atoms with Gasteiger partial charge < -0.3 is 14.1 Å². The van der Waals surface area contributed by atoms with Crippen LogP contribution < -0.4 is 4.90 Å². The van der Waals surface area contributed by atoms with E-state index in [9.17, 15) is 4.39 Å². The van der Waals surface area contributed by atoms with Crippen molar-refractivity contribution in [3.8, 4) is 11.3 Å². The summed E-state index contributed by atoms with van der Waals surface area (Å²) in [5.74, 6) is 0.343. The van der Waals surface area contributed by atoms with Crippen LogP contribution in [-0.2, 0) is 11.3 Å². The van der Waals surface area contributed by atoms with Gasteiger partial charge in [-0.15, -0.1) is 0 Å². The normalized spacial score (nSPS) is 14.0. The first-order valence-electron chi connectivity index (χ1n) is 8.90. The van der Waals surface area contributed by atoms with Crippen molar-refractivity contribution in [3.63, 3.8) is 0 Å². The lowest BCUT2D eigenvalue weighted by molar-refractivity contribution is 0.133. The van der Waals surface area contributed by atoms with E-state index < -0.39 is 0 Å². The van der Waals surface area contributed by atoms with Crippen molar-refractivity contribution in [1.82, 2.24) is 4.98 Å². The number of benzene rings is 2. The summed E-state index contributed by atoms with van der Waals surface area (Å²) in [4.78, 5) is 6.48. The van der Waals surface area contributed by atoms with E-state index in [0.29, 0.717) is 36.9 Å². The number of oxazole rings is 1. The van der Waals surface area contributed by atoms with Crippen molar-refractivity contribution in [1.29, 1.82) is 0 Å². The van der Waals surface area contributed by atoms with Gasteiger partial charge in [-0.1, -0.05) is 30.8 Å². The average Bonchev–Trinajstić information content (AvgIpc) is 2.96. The molecule has 0 saturated heterocycles. The van der Waals surface area contributed by atoms with E-state index in [0.717, 1.165) is 28.1 Å². The molecule has 0 amide bonds. The third kappa shape index (κ3) is 3.15. The van der Waals surface area contributed by atoms with Crippen LogP contribution in [0.5, 0.6) is 0 Å². The second-order valence-corrected chi connectivity index (χ2v) is 6.64. The molecule has 0 atom stereocenters. The summed E-state index contributed by atoms with van der Waals surface area (Å²) >= 11 is 0. The maximum absolute atomic E-state index is 14.5. The van der Waals surface area contributed by atoms with Gasteiger partial charge in [0.25, 0.3) is 0 Å². The molecule has 27 heavy (non-hydrogen) atoms. The van der Waals surface area contributed by atoms with E-state index in [4.69, 9.17) is 9.15 Å². The van der Waals surface area contributed by atoms with E-state index in [1.807, 2.05) is 43.0 Å². The van der Waals surface area contributed by atoms with Crippen LogP contribution in [0.15, 0.2) is 53.7 Å². The Hall–Kier alpha value is -2.92. The van der Waals surface area contributed by atoms with Crippen LogP contribution in [0.2, 0.25) is 0 Å². The molecule has 138 valence electrons. The number of aromatic nitrogens is 1. The lowest BCUT2D eigenvalue weighted by Gasteiger charge is -2.28. The van der Waals surface area contributed by atoms with E-state index in [-0.39, 0.29) is 5.82 Å². The SMILES string of the molecule is C=C(c1c(C)cccc1F)N1CCOCc2c(-c3coc(C)n3)cccc21. The third-order valence-electron chi connectivity index (χ3n) is 4.88. The Bertz CT molecular complexity index is 989. The predicted octanol–water partition coefficient (Wildman–Crippen LogP) is 5.11. The smallest absolute Gasteiger partial charge is 0.191 e. The van der Waals surface area contributed by atoms with Crippen LogP contribution >= 0.6 is 0 Å². The van der Waals surface area contributed by atoms with Crippen molar-refractivity contribution in [2.45, 2.75) is 20.5 Å². The molecular formula is C22H21FN2O2. The van der Waals surface area contributed by atoms with Crippen molar-refractivity contribution < 1.29 is 13.5 Å². The molecule has 0 bridgehead atoms. The summed E-state index contributed by atoms with van der Waals surface area (Å²) in [7, 11) is 0. The molecule has 4 rings (SSSR count). The zero-order valence-corrected chi connectivity index (χ0v) is 15.5. The first-order valence-corrected chi connectivity index (χ1v) is 8.90. The van der Waals surface area contributed by atoms with Gasteiger partial charge in [0.15, 0.2) is 5.89 Å². The van der Waals surface area contributed by atoms with Crippen molar-refractivity contribution in [2.24, 2.45) is 0 Å². The van der Waals surface area contributed by atoms with Crippen molar-refractivity contribution >= 4 is 11.4 Å². The Balaban J connectivity index is 1.83. The Morgan fingerprint density at radius 2 is 2.00 bits per heavy atom. The molecule has 0 unspecified atom stereocenters. The Morgan fingerprint density at radius 3 is 2.74 bits per heavy atom. The van der Waals surface area contributed by atoms with Crippen LogP contribution in [0, 0.1) is 19.7 Å². The van der Waals surface area contributed by atoms with Crippen LogP contribution in [-0.4, -0.2) is 18.1 Å². The minimum Gasteiger partial charge on any atom is -0.449 e. The highest BCUT2D eigenvalue weighted by Crippen LogP contribution is 2.37. The maximum Gasteiger partial charge on any atom is 0.191 e. The lowest BCUT2D eigenvalue weighted by atomic mass is 10.0. The molecule has 3 aromatic rings. The van der Waals surface area contributed by atoms with Gasteiger partial charge in [0.05, 0.1) is 13.2 Å². The quantitative estimate of drug-likeness (QED) is 0.648. The van der Waals surface area contributed by atoms with Gasteiger partial charge >= 0.3 is 0 Å². The van der Waals surface area contributed by atoms with E-state index in [2.05, 4.69) is 11.6 Å². The first-order chi connectivity index (χ1) is 13.1. The number of fused-ring (bicyclic) bond motifs is 1. The van der Waals surface area contributed by atoms with Gasteiger partial charge in [-0.25, -0.2) is 9.37 Å². The highest BCUT2D eigenvalue weighted by atomic mass is 19.1. The van der Waals surface area contributed by atoms with Gasteiger partial charge in [0.1, 0.15) is 17.8 Å². The number of rotatable bonds is 3. The first kappa shape index (κ1) is 17.5. The maximum atomic E-state index is 14.5. The molecule has 0 N–H and O–H groups in total. The summed E-state index contributed by atoms with van der Waals surface area (Å²) in [6, 6.07) is 11.1. The zero-order valence-electron chi connectivity index (χ0n) is 15.5. The van der Waals surface area contributed by atoms with Crippen LogP contribution in [0.1, 0.15) is 22.6 Å². The fourth-order valence-corrected chi connectivity index (χ4v) is 3.57. The molecule has 0 aliphatic carbocycles. The van der Waals surface area contributed by atoms with Gasteiger partial charge in [0, 0.05) is 41.5 Å². The molecule has 2 heterocycles. The Morgan fingerprint density at radius 1 is 1.19 bits per heavy atom. The molecule has 4 nitrogen and oxygen atoms in total. The van der Waals surface area contributed by atoms with E-state index >= 15 is 0 Å². The van der Waals surface area contributed by atoms with Crippen molar-refractivity contribution in [3.05, 3.63) is 77.6 Å². The number of ether oxygens (including phenoxy) is 1. The van der Waals surface area contributed by atoms with Crippen LogP contribution in [0.4, 0.5) is 10.1 Å². The molecule has 5 heteroatoms. The minimum atomic E-state index is -0.269. The van der Waals surface area contributed by atoms with E-state index in [1.165, 1.54) is 6.07 Å². The van der Waals surface area contributed by atoms with Gasteiger partial charge in [-0.3, -0.25) is 0 Å². The highest BCUT2D eigenvalue weighted by Gasteiger charge is 2.24. The van der Waals surface area contributed by atoms with Gasteiger partial charge in [-0.2, -0.15) is 0 Å². The zero-order chi connectivity index (χ0) is 19.0. The van der Waals surface area contributed by atoms with Gasteiger partial charge in [-0.05, 0) is 24.6 Å². The monoisotopic (exact) mass is 364 g/mol. The number of hydrogen-bond acceptors (Lipinski definition) is 4. The Labute approximate surface area is 157 Å². The van der Waals surface area contributed by atoms with Crippen LogP contribution in [0.3, 0.4) is 0 Å². The summed E-state index contributed by atoms with van der Waals surface area (Å²) in [6.45, 7) is 9.51. The fourth-order valence-electron chi connectivity index (χ4n) is 3.57. The Kier molecular flexibility index (Phi) is 4.54. The molecule has 0 spiro atoms. The number of nitrogens with zero attached hydrogens (tertiary/aromatic N) is 2. The molecule has 0 saturated carbocycles. The molecule has 1 aliphatic rings. The second-order valence-electron chi connectivity index (χ2n) is 6.64. The number of aryl methyl sites for hydroxylation is 2. The minimum absolute atomic E-state index is 0.269. The summed E-state index contributed by atoms with van der Waals surface area (Å²) in [5.41, 5.74) is 5.70. The summed E-state index contributed by atoms with van der Waals surface area (Å²) in [5, 5.41) is 0. The van der Waals surface area contributed by atoms with Crippen LogP contribution in [0.25, 0.3) is 17.0 Å². The number of halogens is 1. The number of hydrogen-bond donors (Lipinski definition) is 0. The molecular weight excluding hydrogens is 343 g/mol. The third-order valence-corrected chi connectivity index (χ3v) is 4.88. The molecule has 1 aromatic heterocycles. The molecule has 2 aromatic carbocycles. The fraction of sp³-hybridized carbons (Fsp3) is 0.227. The number of anilines is 1. The molecule has 0 fully saturated rings. The average molecular weight is 364 g/mol. The molecule has 0 radical (unpaired) electrons. The topological polar surface area (TPSA) is 38.5 Å². The largest absolute Gasteiger partial charge is 0.449 e. The predicted molar refractivity (Wildman–Crippen MR) is 104 cm³/mol. The molecule has 1 aliphatic heterocycles. The van der Waals surface area contributed by atoms with E-state index in [1.54, 1.807) is 12.3 Å².